The molecule has 0 aromatic heterocycles. The summed E-state index contributed by atoms with van der Waals surface area (Å²) < 4.78 is 18.0. The van der Waals surface area contributed by atoms with Crippen LogP contribution in [-0.4, -0.2) is 13.7 Å². The molecule has 0 aliphatic heterocycles. The molecule has 0 aliphatic carbocycles. The van der Waals surface area contributed by atoms with Gasteiger partial charge in [-0.2, -0.15) is 0 Å². The fourth-order valence-corrected chi connectivity index (χ4v) is 1.59. The van der Waals surface area contributed by atoms with E-state index in [0.717, 1.165) is 24.0 Å². The molecule has 0 spiro atoms. The molecular formula is C12H18FNO. The number of halogens is 1. The highest BCUT2D eigenvalue weighted by Crippen LogP contribution is 2.18. The maximum atomic E-state index is 13.1. The SMILES string of the molecule is COCCCC(N)c1cc(C)cc(F)c1. The zero-order valence-corrected chi connectivity index (χ0v) is 9.29. The maximum absolute atomic E-state index is 13.1. The van der Waals surface area contributed by atoms with Gasteiger partial charge in [0.15, 0.2) is 0 Å². The fraction of sp³-hybridized carbons (Fsp3) is 0.500. The van der Waals surface area contributed by atoms with Crippen LogP contribution >= 0.6 is 0 Å². The molecule has 1 rings (SSSR count). The molecule has 84 valence electrons. The van der Waals surface area contributed by atoms with E-state index >= 15 is 0 Å². The summed E-state index contributed by atoms with van der Waals surface area (Å²) in [6.45, 7) is 2.57. The summed E-state index contributed by atoms with van der Waals surface area (Å²) in [5.74, 6) is -0.216. The summed E-state index contributed by atoms with van der Waals surface area (Å²) in [5, 5.41) is 0. The third kappa shape index (κ3) is 3.98. The van der Waals surface area contributed by atoms with Crippen molar-refractivity contribution in [3.8, 4) is 0 Å². The number of hydrogen-bond acceptors (Lipinski definition) is 2. The minimum atomic E-state index is -0.216. The van der Waals surface area contributed by atoms with Crippen LogP contribution in [0.3, 0.4) is 0 Å². The number of aryl methyl sites for hydroxylation is 1. The molecule has 0 aliphatic rings. The Labute approximate surface area is 90.2 Å². The first kappa shape index (κ1) is 12.1. The van der Waals surface area contributed by atoms with Crippen molar-refractivity contribution in [2.45, 2.75) is 25.8 Å². The summed E-state index contributed by atoms with van der Waals surface area (Å²) in [7, 11) is 1.66. The quantitative estimate of drug-likeness (QED) is 0.760. The van der Waals surface area contributed by atoms with Gasteiger partial charge in [0.1, 0.15) is 5.82 Å². The number of rotatable bonds is 5. The van der Waals surface area contributed by atoms with E-state index in [1.807, 2.05) is 13.0 Å². The van der Waals surface area contributed by atoms with E-state index in [2.05, 4.69) is 0 Å². The van der Waals surface area contributed by atoms with Gasteiger partial charge in [-0.25, -0.2) is 4.39 Å². The van der Waals surface area contributed by atoms with Gasteiger partial charge in [-0.3, -0.25) is 0 Å². The summed E-state index contributed by atoms with van der Waals surface area (Å²) in [6, 6.07) is 4.84. The van der Waals surface area contributed by atoms with Gasteiger partial charge in [0.2, 0.25) is 0 Å². The van der Waals surface area contributed by atoms with Crippen LogP contribution in [0.5, 0.6) is 0 Å². The Morgan fingerprint density at radius 3 is 2.73 bits per heavy atom. The molecule has 0 radical (unpaired) electrons. The number of methoxy groups -OCH3 is 1. The molecule has 0 fully saturated rings. The van der Waals surface area contributed by atoms with E-state index in [1.54, 1.807) is 7.11 Å². The van der Waals surface area contributed by atoms with Gasteiger partial charge in [0.25, 0.3) is 0 Å². The normalized spacial score (nSPS) is 12.8. The summed E-state index contributed by atoms with van der Waals surface area (Å²) in [6.07, 6.45) is 1.71. The van der Waals surface area contributed by atoms with Crippen molar-refractivity contribution in [3.63, 3.8) is 0 Å². The number of ether oxygens (including phenoxy) is 1. The first-order valence-corrected chi connectivity index (χ1v) is 5.15. The van der Waals surface area contributed by atoms with Crippen LogP contribution in [0.4, 0.5) is 4.39 Å². The predicted molar refractivity (Wildman–Crippen MR) is 59.2 cm³/mol. The van der Waals surface area contributed by atoms with Crippen LogP contribution < -0.4 is 5.73 Å². The van der Waals surface area contributed by atoms with E-state index < -0.39 is 0 Å². The van der Waals surface area contributed by atoms with Crippen LogP contribution in [0.15, 0.2) is 18.2 Å². The van der Waals surface area contributed by atoms with Crippen LogP contribution in [0.25, 0.3) is 0 Å². The zero-order valence-electron chi connectivity index (χ0n) is 9.29. The largest absolute Gasteiger partial charge is 0.385 e. The lowest BCUT2D eigenvalue weighted by Crippen LogP contribution is -2.11. The highest BCUT2D eigenvalue weighted by Gasteiger charge is 2.07. The first-order valence-electron chi connectivity index (χ1n) is 5.15. The highest BCUT2D eigenvalue weighted by atomic mass is 19.1. The van der Waals surface area contributed by atoms with Crippen molar-refractivity contribution in [1.82, 2.24) is 0 Å². The third-order valence-electron chi connectivity index (χ3n) is 2.36. The average molecular weight is 211 g/mol. The molecule has 0 bridgehead atoms. The molecule has 0 amide bonds. The van der Waals surface area contributed by atoms with Crippen LogP contribution in [0.2, 0.25) is 0 Å². The molecule has 2 N–H and O–H groups in total. The average Bonchev–Trinajstić information content (AvgIpc) is 2.16. The van der Waals surface area contributed by atoms with Gasteiger partial charge < -0.3 is 10.5 Å². The van der Waals surface area contributed by atoms with Crippen molar-refractivity contribution in [3.05, 3.63) is 35.1 Å². The number of benzene rings is 1. The van der Waals surface area contributed by atoms with E-state index in [0.29, 0.717) is 6.61 Å². The Kier molecular flexibility index (Phi) is 4.72. The second kappa shape index (κ2) is 5.83. The molecular weight excluding hydrogens is 193 g/mol. The molecule has 1 aromatic carbocycles. The minimum absolute atomic E-state index is 0.102. The maximum Gasteiger partial charge on any atom is 0.123 e. The smallest absolute Gasteiger partial charge is 0.123 e. The van der Waals surface area contributed by atoms with Crippen molar-refractivity contribution >= 4 is 0 Å². The van der Waals surface area contributed by atoms with Gasteiger partial charge >= 0.3 is 0 Å². The second-order valence-electron chi connectivity index (χ2n) is 3.80. The molecule has 0 saturated carbocycles. The van der Waals surface area contributed by atoms with E-state index in [9.17, 15) is 4.39 Å². The van der Waals surface area contributed by atoms with E-state index in [-0.39, 0.29) is 11.9 Å². The summed E-state index contributed by atoms with van der Waals surface area (Å²) >= 11 is 0. The van der Waals surface area contributed by atoms with Crippen molar-refractivity contribution in [1.29, 1.82) is 0 Å². The standard InChI is InChI=1S/C12H18FNO/c1-9-6-10(8-11(13)7-9)12(14)4-3-5-15-2/h6-8,12H,3-5,14H2,1-2H3. The number of hydrogen-bond donors (Lipinski definition) is 1. The molecule has 1 atom stereocenters. The molecule has 1 aromatic rings. The third-order valence-corrected chi connectivity index (χ3v) is 2.36. The highest BCUT2D eigenvalue weighted by molar-refractivity contribution is 5.25. The fourth-order valence-electron chi connectivity index (χ4n) is 1.59. The molecule has 0 saturated heterocycles. The molecule has 0 heterocycles. The molecule has 3 heteroatoms. The monoisotopic (exact) mass is 211 g/mol. The lowest BCUT2D eigenvalue weighted by Gasteiger charge is -2.12. The van der Waals surface area contributed by atoms with Crippen molar-refractivity contribution in [2.75, 3.05) is 13.7 Å². The Morgan fingerprint density at radius 1 is 1.40 bits per heavy atom. The van der Waals surface area contributed by atoms with Crippen LogP contribution in [0, 0.1) is 12.7 Å². The predicted octanol–water partition coefficient (Wildman–Crippen LogP) is 2.56. The van der Waals surface area contributed by atoms with Gasteiger partial charge in [-0.1, -0.05) is 6.07 Å². The van der Waals surface area contributed by atoms with Crippen LogP contribution in [0.1, 0.15) is 30.0 Å². The van der Waals surface area contributed by atoms with Crippen LogP contribution in [-0.2, 0) is 4.74 Å². The molecule has 2 nitrogen and oxygen atoms in total. The Bertz CT molecular complexity index is 294. The minimum Gasteiger partial charge on any atom is -0.385 e. The van der Waals surface area contributed by atoms with Gasteiger partial charge in [-0.05, 0) is 43.0 Å². The van der Waals surface area contributed by atoms with Gasteiger partial charge in [0, 0.05) is 19.8 Å². The van der Waals surface area contributed by atoms with Gasteiger partial charge in [-0.15, -0.1) is 0 Å². The Morgan fingerprint density at radius 2 is 2.13 bits per heavy atom. The first-order chi connectivity index (χ1) is 7.13. The summed E-state index contributed by atoms with van der Waals surface area (Å²) in [5.41, 5.74) is 7.73. The lowest BCUT2D eigenvalue weighted by molar-refractivity contribution is 0.190. The Hall–Kier alpha value is -0.930. The van der Waals surface area contributed by atoms with Gasteiger partial charge in [0.05, 0.1) is 0 Å². The molecule has 15 heavy (non-hydrogen) atoms. The molecule has 1 unspecified atom stereocenters. The lowest BCUT2D eigenvalue weighted by atomic mass is 10.0. The Balaban J connectivity index is 2.60. The summed E-state index contributed by atoms with van der Waals surface area (Å²) in [4.78, 5) is 0. The topological polar surface area (TPSA) is 35.2 Å². The van der Waals surface area contributed by atoms with E-state index in [1.165, 1.54) is 12.1 Å². The van der Waals surface area contributed by atoms with E-state index in [4.69, 9.17) is 10.5 Å². The zero-order chi connectivity index (χ0) is 11.3. The number of nitrogens with two attached hydrogens (primary N) is 1. The van der Waals surface area contributed by atoms with Crippen molar-refractivity contribution < 1.29 is 9.13 Å². The van der Waals surface area contributed by atoms with Crippen molar-refractivity contribution in [2.24, 2.45) is 5.73 Å². The second-order valence-corrected chi connectivity index (χ2v) is 3.80.